The summed E-state index contributed by atoms with van der Waals surface area (Å²) in [5.74, 6) is 2.22. The standard InChI is InChI=1S/C23H32N4O2S/c1-29-20-14-12-17(13-15-20)22-25-26-23(27(22)19-10-6-3-7-11-19)30-16-21(28)24-18-8-4-2-5-9-18/h12-15,18-19H,2-11,16H2,1H3,(H,24,28). The topological polar surface area (TPSA) is 69.0 Å². The number of ether oxygens (including phenoxy) is 1. The van der Waals surface area contributed by atoms with Crippen LogP contribution < -0.4 is 10.1 Å². The second-order valence-electron chi connectivity index (χ2n) is 8.39. The molecule has 162 valence electrons. The lowest BCUT2D eigenvalue weighted by Crippen LogP contribution is -2.37. The van der Waals surface area contributed by atoms with Crippen LogP contribution in [0.15, 0.2) is 29.4 Å². The van der Waals surface area contributed by atoms with E-state index in [0.29, 0.717) is 17.8 Å². The smallest absolute Gasteiger partial charge is 0.230 e. The molecule has 2 aliphatic carbocycles. The van der Waals surface area contributed by atoms with Gasteiger partial charge in [-0.1, -0.05) is 50.3 Å². The molecular formula is C23H32N4O2S. The summed E-state index contributed by atoms with van der Waals surface area (Å²) in [6, 6.07) is 8.73. The molecule has 4 rings (SSSR count). The molecule has 0 radical (unpaired) electrons. The molecule has 1 aromatic carbocycles. The van der Waals surface area contributed by atoms with Crippen LogP contribution >= 0.6 is 11.8 Å². The molecule has 1 N–H and O–H groups in total. The van der Waals surface area contributed by atoms with Crippen LogP contribution in [0.1, 0.15) is 70.3 Å². The van der Waals surface area contributed by atoms with E-state index >= 15 is 0 Å². The van der Waals surface area contributed by atoms with E-state index in [2.05, 4.69) is 20.1 Å². The third kappa shape index (κ3) is 5.17. The van der Waals surface area contributed by atoms with Gasteiger partial charge in [-0.2, -0.15) is 0 Å². The largest absolute Gasteiger partial charge is 0.497 e. The summed E-state index contributed by atoms with van der Waals surface area (Å²) in [7, 11) is 1.67. The molecule has 2 saturated carbocycles. The van der Waals surface area contributed by atoms with Gasteiger partial charge in [0, 0.05) is 17.6 Å². The minimum atomic E-state index is 0.107. The predicted octanol–water partition coefficient (Wildman–Crippen LogP) is 5.00. The Labute approximate surface area is 183 Å². The summed E-state index contributed by atoms with van der Waals surface area (Å²) in [4.78, 5) is 12.5. The van der Waals surface area contributed by atoms with Crippen LogP contribution in [-0.4, -0.2) is 39.6 Å². The Kier molecular flexibility index (Phi) is 7.31. The Hall–Kier alpha value is -2.02. The third-order valence-electron chi connectivity index (χ3n) is 6.26. The Morgan fingerprint density at radius 2 is 1.70 bits per heavy atom. The van der Waals surface area contributed by atoms with E-state index in [1.807, 2.05) is 24.3 Å². The number of thioether (sulfide) groups is 1. The first-order valence-electron chi connectivity index (χ1n) is 11.3. The lowest BCUT2D eigenvalue weighted by molar-refractivity contribution is -0.119. The van der Waals surface area contributed by atoms with Crippen molar-refractivity contribution in [3.05, 3.63) is 24.3 Å². The van der Waals surface area contributed by atoms with Gasteiger partial charge in [0.25, 0.3) is 0 Å². The number of carbonyl (C=O) groups excluding carboxylic acids is 1. The van der Waals surface area contributed by atoms with Crippen molar-refractivity contribution < 1.29 is 9.53 Å². The molecule has 1 aromatic heterocycles. The zero-order chi connectivity index (χ0) is 20.8. The zero-order valence-corrected chi connectivity index (χ0v) is 18.6. The van der Waals surface area contributed by atoms with Crippen LogP contribution in [-0.2, 0) is 4.79 Å². The Morgan fingerprint density at radius 1 is 1.03 bits per heavy atom. The van der Waals surface area contributed by atoms with E-state index in [4.69, 9.17) is 4.74 Å². The molecule has 2 aliphatic rings. The van der Waals surface area contributed by atoms with E-state index < -0.39 is 0 Å². The van der Waals surface area contributed by atoms with Crippen LogP contribution in [0, 0.1) is 0 Å². The maximum atomic E-state index is 12.5. The number of rotatable bonds is 7. The van der Waals surface area contributed by atoms with Crippen molar-refractivity contribution in [2.45, 2.75) is 81.4 Å². The van der Waals surface area contributed by atoms with Gasteiger partial charge < -0.3 is 10.1 Å². The number of aromatic nitrogens is 3. The molecule has 7 heteroatoms. The van der Waals surface area contributed by atoms with Gasteiger partial charge in [-0.15, -0.1) is 10.2 Å². The highest BCUT2D eigenvalue weighted by Crippen LogP contribution is 2.36. The average molecular weight is 429 g/mol. The van der Waals surface area contributed by atoms with E-state index in [0.717, 1.165) is 48.0 Å². The van der Waals surface area contributed by atoms with Crippen molar-refractivity contribution in [2.24, 2.45) is 0 Å². The number of benzene rings is 1. The predicted molar refractivity (Wildman–Crippen MR) is 120 cm³/mol. The van der Waals surface area contributed by atoms with Gasteiger partial charge in [-0.3, -0.25) is 9.36 Å². The number of hydrogen-bond acceptors (Lipinski definition) is 5. The normalized spacial score (nSPS) is 18.3. The second-order valence-corrected chi connectivity index (χ2v) is 9.33. The molecule has 2 aromatic rings. The van der Waals surface area contributed by atoms with Crippen molar-refractivity contribution in [2.75, 3.05) is 12.9 Å². The summed E-state index contributed by atoms with van der Waals surface area (Å²) in [5, 5.41) is 13.1. The number of nitrogens with zero attached hydrogens (tertiary/aromatic N) is 3. The monoisotopic (exact) mass is 428 g/mol. The number of hydrogen-bond donors (Lipinski definition) is 1. The number of nitrogens with one attached hydrogen (secondary N) is 1. The van der Waals surface area contributed by atoms with Gasteiger partial charge in [0.15, 0.2) is 11.0 Å². The molecule has 2 fully saturated rings. The fourth-order valence-electron chi connectivity index (χ4n) is 4.63. The first-order valence-corrected chi connectivity index (χ1v) is 12.2. The van der Waals surface area contributed by atoms with Gasteiger partial charge in [0.05, 0.1) is 12.9 Å². The first-order chi connectivity index (χ1) is 14.7. The van der Waals surface area contributed by atoms with Gasteiger partial charge in [0.1, 0.15) is 5.75 Å². The number of methoxy groups -OCH3 is 1. The maximum Gasteiger partial charge on any atom is 0.230 e. The van der Waals surface area contributed by atoms with E-state index in [-0.39, 0.29) is 5.91 Å². The van der Waals surface area contributed by atoms with Crippen molar-refractivity contribution in [3.63, 3.8) is 0 Å². The van der Waals surface area contributed by atoms with E-state index in [1.165, 1.54) is 50.3 Å². The van der Waals surface area contributed by atoms with Gasteiger partial charge >= 0.3 is 0 Å². The molecule has 0 bridgehead atoms. The summed E-state index contributed by atoms with van der Waals surface area (Å²) in [6.07, 6.45) is 12.0. The summed E-state index contributed by atoms with van der Waals surface area (Å²) in [6.45, 7) is 0. The molecule has 0 saturated heterocycles. The van der Waals surface area contributed by atoms with Gasteiger partial charge in [-0.25, -0.2) is 0 Å². The number of amides is 1. The number of carbonyl (C=O) groups is 1. The summed E-state index contributed by atoms with van der Waals surface area (Å²) in [5.41, 5.74) is 1.03. The van der Waals surface area contributed by atoms with Crippen molar-refractivity contribution in [3.8, 4) is 17.1 Å². The minimum absolute atomic E-state index is 0.107. The Morgan fingerprint density at radius 3 is 2.37 bits per heavy atom. The Balaban J connectivity index is 1.50. The quantitative estimate of drug-likeness (QED) is 0.629. The molecule has 1 heterocycles. The average Bonchev–Trinajstić information content (AvgIpc) is 3.23. The fraction of sp³-hybridized carbons (Fsp3) is 0.609. The molecule has 0 spiro atoms. The van der Waals surface area contributed by atoms with Crippen molar-refractivity contribution in [1.82, 2.24) is 20.1 Å². The van der Waals surface area contributed by atoms with E-state index in [9.17, 15) is 4.79 Å². The maximum absolute atomic E-state index is 12.5. The molecule has 30 heavy (non-hydrogen) atoms. The molecular weight excluding hydrogens is 396 g/mol. The molecule has 6 nitrogen and oxygen atoms in total. The van der Waals surface area contributed by atoms with Gasteiger partial charge in [0.2, 0.25) is 5.91 Å². The van der Waals surface area contributed by atoms with Crippen LogP contribution in [0.4, 0.5) is 0 Å². The molecule has 0 atom stereocenters. The highest BCUT2D eigenvalue weighted by molar-refractivity contribution is 7.99. The lowest BCUT2D eigenvalue weighted by Gasteiger charge is -2.26. The Bertz CT molecular complexity index is 824. The molecule has 1 amide bonds. The zero-order valence-electron chi connectivity index (χ0n) is 17.8. The molecule has 0 unspecified atom stereocenters. The minimum Gasteiger partial charge on any atom is -0.497 e. The van der Waals surface area contributed by atoms with Crippen LogP contribution in [0.25, 0.3) is 11.4 Å². The first kappa shape index (κ1) is 21.2. The van der Waals surface area contributed by atoms with Crippen molar-refractivity contribution in [1.29, 1.82) is 0 Å². The van der Waals surface area contributed by atoms with Crippen LogP contribution in [0.5, 0.6) is 5.75 Å². The fourth-order valence-corrected chi connectivity index (χ4v) is 5.44. The summed E-state index contributed by atoms with van der Waals surface area (Å²) < 4.78 is 7.57. The van der Waals surface area contributed by atoms with Crippen molar-refractivity contribution >= 4 is 17.7 Å². The highest BCUT2D eigenvalue weighted by atomic mass is 32.2. The van der Waals surface area contributed by atoms with Crippen LogP contribution in [0.3, 0.4) is 0 Å². The SMILES string of the molecule is COc1ccc(-c2nnc(SCC(=O)NC3CCCCC3)n2C2CCCCC2)cc1. The third-order valence-corrected chi connectivity index (χ3v) is 7.20. The highest BCUT2D eigenvalue weighted by Gasteiger charge is 2.25. The summed E-state index contributed by atoms with van der Waals surface area (Å²) >= 11 is 1.51. The van der Waals surface area contributed by atoms with Gasteiger partial charge in [-0.05, 0) is 49.9 Å². The lowest BCUT2D eigenvalue weighted by atomic mass is 9.95. The van der Waals surface area contributed by atoms with Crippen LogP contribution in [0.2, 0.25) is 0 Å². The molecule has 0 aliphatic heterocycles. The second kappa shape index (κ2) is 10.3. The van der Waals surface area contributed by atoms with E-state index in [1.54, 1.807) is 7.11 Å².